The number of amides is 1. The first-order chi connectivity index (χ1) is 11.1. The van der Waals surface area contributed by atoms with Gasteiger partial charge in [0.15, 0.2) is 0 Å². The van der Waals surface area contributed by atoms with E-state index < -0.39 is 0 Å². The third-order valence-electron chi connectivity index (χ3n) is 4.43. The standard InChI is InChI=1S/C16H24N4O3/c1-12-17-13(9-15(21)18-12)14-10-19(7-8-23-14)11-16(22)20-5-3-2-4-6-20/h9,14H,2-8,10-11H2,1H3,(H,17,18,21)/t14-/m1/s1. The number of ether oxygens (including phenoxy) is 1. The Bertz CT molecular complexity index is 610. The number of hydrogen-bond donors (Lipinski definition) is 1. The number of carbonyl (C=O) groups is 1. The van der Waals surface area contributed by atoms with Crippen molar-refractivity contribution < 1.29 is 9.53 Å². The molecule has 0 radical (unpaired) electrons. The molecule has 0 saturated carbocycles. The first-order valence-corrected chi connectivity index (χ1v) is 8.31. The molecule has 2 aliphatic rings. The van der Waals surface area contributed by atoms with Crippen LogP contribution in [0.4, 0.5) is 0 Å². The minimum atomic E-state index is -0.251. The average Bonchev–Trinajstić information content (AvgIpc) is 2.55. The van der Waals surface area contributed by atoms with Gasteiger partial charge >= 0.3 is 0 Å². The molecule has 23 heavy (non-hydrogen) atoms. The van der Waals surface area contributed by atoms with Crippen molar-refractivity contribution in [3.8, 4) is 0 Å². The van der Waals surface area contributed by atoms with Gasteiger partial charge in [0.05, 0.1) is 18.8 Å². The number of carbonyl (C=O) groups excluding carboxylic acids is 1. The number of nitrogens with zero attached hydrogens (tertiary/aromatic N) is 3. The highest BCUT2D eigenvalue weighted by molar-refractivity contribution is 5.78. The summed E-state index contributed by atoms with van der Waals surface area (Å²) in [6, 6.07) is 1.48. The number of H-pyrrole nitrogens is 1. The van der Waals surface area contributed by atoms with Crippen LogP contribution in [-0.4, -0.2) is 65.0 Å². The SMILES string of the molecule is Cc1nc([C@H]2CN(CC(=O)N3CCCCC3)CCO2)cc(=O)[nH]1. The van der Waals surface area contributed by atoms with Gasteiger partial charge in [0, 0.05) is 32.2 Å². The molecular weight excluding hydrogens is 296 g/mol. The second kappa shape index (κ2) is 7.23. The lowest BCUT2D eigenvalue weighted by molar-refractivity contribution is -0.135. The molecule has 7 heteroatoms. The van der Waals surface area contributed by atoms with Crippen molar-refractivity contribution >= 4 is 5.91 Å². The van der Waals surface area contributed by atoms with Gasteiger partial charge in [-0.2, -0.15) is 0 Å². The molecule has 0 aromatic carbocycles. The largest absolute Gasteiger partial charge is 0.369 e. The molecular formula is C16H24N4O3. The number of likely N-dealkylation sites (tertiary alicyclic amines) is 1. The van der Waals surface area contributed by atoms with Crippen molar-refractivity contribution in [1.82, 2.24) is 19.8 Å². The van der Waals surface area contributed by atoms with Gasteiger partial charge in [-0.1, -0.05) is 0 Å². The zero-order chi connectivity index (χ0) is 16.2. The molecule has 1 amide bonds. The van der Waals surface area contributed by atoms with Crippen LogP contribution in [-0.2, 0) is 9.53 Å². The van der Waals surface area contributed by atoms with Gasteiger partial charge < -0.3 is 14.6 Å². The summed E-state index contributed by atoms with van der Waals surface area (Å²) < 4.78 is 5.75. The fourth-order valence-electron chi connectivity index (χ4n) is 3.23. The van der Waals surface area contributed by atoms with Crippen molar-refractivity contribution in [3.63, 3.8) is 0 Å². The number of nitrogens with one attached hydrogen (secondary N) is 1. The van der Waals surface area contributed by atoms with Crippen LogP contribution in [0.3, 0.4) is 0 Å². The Hall–Kier alpha value is -1.73. The van der Waals surface area contributed by atoms with Gasteiger partial charge in [-0.25, -0.2) is 4.98 Å². The van der Waals surface area contributed by atoms with Crippen molar-refractivity contribution in [2.45, 2.75) is 32.3 Å². The monoisotopic (exact) mass is 320 g/mol. The number of hydrogen-bond acceptors (Lipinski definition) is 5. The molecule has 3 heterocycles. The predicted octanol–water partition coefficient (Wildman–Crippen LogP) is 0.464. The van der Waals surface area contributed by atoms with E-state index in [4.69, 9.17) is 4.74 Å². The summed E-state index contributed by atoms with van der Waals surface area (Å²) in [5.41, 5.74) is 0.471. The number of aryl methyl sites for hydroxylation is 1. The lowest BCUT2D eigenvalue weighted by atomic mass is 10.1. The van der Waals surface area contributed by atoms with Crippen molar-refractivity contribution in [2.24, 2.45) is 0 Å². The predicted molar refractivity (Wildman–Crippen MR) is 85.2 cm³/mol. The molecule has 126 valence electrons. The number of aromatic nitrogens is 2. The van der Waals surface area contributed by atoms with E-state index in [0.29, 0.717) is 31.2 Å². The Morgan fingerprint density at radius 2 is 2.13 bits per heavy atom. The second-order valence-electron chi connectivity index (χ2n) is 6.29. The number of morpholine rings is 1. The van der Waals surface area contributed by atoms with Crippen LogP contribution in [0, 0.1) is 6.92 Å². The van der Waals surface area contributed by atoms with E-state index in [1.165, 1.54) is 12.5 Å². The first-order valence-electron chi connectivity index (χ1n) is 8.31. The summed E-state index contributed by atoms with van der Waals surface area (Å²) in [6.45, 7) is 5.80. The van der Waals surface area contributed by atoms with Gasteiger partial charge in [-0.15, -0.1) is 0 Å². The minimum Gasteiger partial charge on any atom is -0.369 e. The maximum absolute atomic E-state index is 12.4. The Balaban J connectivity index is 1.61. The summed E-state index contributed by atoms with van der Waals surface area (Å²) in [5.74, 6) is 0.776. The molecule has 3 rings (SSSR count). The average molecular weight is 320 g/mol. The maximum Gasteiger partial charge on any atom is 0.251 e. The highest BCUT2D eigenvalue weighted by Crippen LogP contribution is 2.20. The van der Waals surface area contributed by atoms with Gasteiger partial charge in [-0.3, -0.25) is 14.5 Å². The van der Waals surface area contributed by atoms with Gasteiger partial charge in [0.25, 0.3) is 5.56 Å². The molecule has 1 N–H and O–H groups in total. The molecule has 2 fully saturated rings. The molecule has 1 aromatic heterocycles. The Morgan fingerprint density at radius 1 is 1.35 bits per heavy atom. The molecule has 0 aliphatic carbocycles. The lowest BCUT2D eigenvalue weighted by Crippen LogP contribution is -2.47. The maximum atomic E-state index is 12.4. The zero-order valence-corrected chi connectivity index (χ0v) is 13.6. The van der Waals surface area contributed by atoms with Crippen LogP contribution >= 0.6 is 0 Å². The van der Waals surface area contributed by atoms with E-state index in [-0.39, 0.29) is 17.6 Å². The third-order valence-corrected chi connectivity index (χ3v) is 4.43. The van der Waals surface area contributed by atoms with E-state index in [0.717, 1.165) is 32.5 Å². The molecule has 1 aromatic rings. The molecule has 2 aliphatic heterocycles. The summed E-state index contributed by atoms with van der Waals surface area (Å²) in [6.07, 6.45) is 3.18. The van der Waals surface area contributed by atoms with Crippen molar-refractivity contribution in [3.05, 3.63) is 27.9 Å². The van der Waals surface area contributed by atoms with Crippen LogP contribution in [0.2, 0.25) is 0 Å². The Labute approximate surface area is 135 Å². The fourth-order valence-corrected chi connectivity index (χ4v) is 3.23. The zero-order valence-electron chi connectivity index (χ0n) is 13.6. The smallest absolute Gasteiger partial charge is 0.251 e. The van der Waals surface area contributed by atoms with E-state index >= 15 is 0 Å². The number of rotatable bonds is 3. The normalized spacial score (nSPS) is 23.0. The molecule has 0 unspecified atom stereocenters. The highest BCUT2D eigenvalue weighted by atomic mass is 16.5. The van der Waals surface area contributed by atoms with Crippen LogP contribution in [0.25, 0.3) is 0 Å². The highest BCUT2D eigenvalue weighted by Gasteiger charge is 2.26. The van der Waals surface area contributed by atoms with E-state index in [1.807, 2.05) is 4.90 Å². The fraction of sp³-hybridized carbons (Fsp3) is 0.688. The van der Waals surface area contributed by atoms with Crippen LogP contribution in [0.15, 0.2) is 10.9 Å². The molecule has 1 atom stereocenters. The number of piperidine rings is 1. The number of aromatic amines is 1. The topological polar surface area (TPSA) is 78.5 Å². The second-order valence-corrected chi connectivity index (χ2v) is 6.29. The van der Waals surface area contributed by atoms with Gasteiger partial charge in [0.2, 0.25) is 5.91 Å². The minimum absolute atomic E-state index is 0.169. The van der Waals surface area contributed by atoms with E-state index in [2.05, 4.69) is 14.9 Å². The van der Waals surface area contributed by atoms with E-state index in [1.54, 1.807) is 6.92 Å². The lowest BCUT2D eigenvalue weighted by Gasteiger charge is -2.34. The van der Waals surface area contributed by atoms with Gasteiger partial charge in [0.1, 0.15) is 11.9 Å². The molecule has 0 spiro atoms. The quantitative estimate of drug-likeness (QED) is 0.875. The van der Waals surface area contributed by atoms with Crippen molar-refractivity contribution in [2.75, 3.05) is 39.3 Å². The molecule has 0 bridgehead atoms. The molecule has 2 saturated heterocycles. The van der Waals surface area contributed by atoms with Crippen LogP contribution in [0.5, 0.6) is 0 Å². The summed E-state index contributed by atoms with van der Waals surface area (Å²) in [5, 5.41) is 0. The van der Waals surface area contributed by atoms with Crippen LogP contribution in [0.1, 0.15) is 36.9 Å². The van der Waals surface area contributed by atoms with Gasteiger partial charge in [-0.05, 0) is 26.2 Å². The van der Waals surface area contributed by atoms with E-state index in [9.17, 15) is 9.59 Å². The Kier molecular flexibility index (Phi) is 5.07. The Morgan fingerprint density at radius 3 is 2.87 bits per heavy atom. The van der Waals surface area contributed by atoms with Crippen molar-refractivity contribution in [1.29, 1.82) is 0 Å². The van der Waals surface area contributed by atoms with Crippen LogP contribution < -0.4 is 5.56 Å². The molecule has 7 nitrogen and oxygen atoms in total. The third kappa shape index (κ3) is 4.17. The first kappa shape index (κ1) is 16.1. The summed E-state index contributed by atoms with van der Waals surface area (Å²) >= 11 is 0. The summed E-state index contributed by atoms with van der Waals surface area (Å²) in [4.78, 5) is 35.0. The summed E-state index contributed by atoms with van der Waals surface area (Å²) in [7, 11) is 0.